The molecule has 1 N–H and O–H groups in total. The van der Waals surface area contributed by atoms with Gasteiger partial charge in [-0.25, -0.2) is 13.2 Å². The average Bonchev–Trinajstić information content (AvgIpc) is 3.03. The van der Waals surface area contributed by atoms with Gasteiger partial charge in [0, 0.05) is 12.6 Å². The molecule has 0 spiro atoms. The van der Waals surface area contributed by atoms with Gasteiger partial charge in [0.05, 0.1) is 16.1 Å². The Hall–Kier alpha value is -2.54. The molecular formula is C22H26N2O4S. The molecule has 1 aromatic heterocycles. The van der Waals surface area contributed by atoms with Crippen LogP contribution in [0.3, 0.4) is 0 Å². The summed E-state index contributed by atoms with van der Waals surface area (Å²) in [7, 11) is -3.72. The van der Waals surface area contributed by atoms with E-state index < -0.39 is 15.8 Å². The van der Waals surface area contributed by atoms with Gasteiger partial charge in [-0.1, -0.05) is 38.3 Å². The maximum Gasteiger partial charge on any atom is 0.419 e. The van der Waals surface area contributed by atoms with Gasteiger partial charge in [0.15, 0.2) is 5.58 Å². The highest BCUT2D eigenvalue weighted by atomic mass is 32.2. The minimum absolute atomic E-state index is 0.224. The lowest BCUT2D eigenvalue weighted by atomic mass is 9.84. The Labute approximate surface area is 170 Å². The summed E-state index contributed by atoms with van der Waals surface area (Å²) in [6, 6.07) is 12.1. The molecule has 0 amide bonds. The summed E-state index contributed by atoms with van der Waals surface area (Å²) in [6.45, 7) is 2.54. The SMILES string of the molecule is CCCn1c(=O)oc2cc(NS(=O)(=O)c3ccc(C4CCCCC4)cc3)ccc21. The molecule has 2 aromatic carbocycles. The highest BCUT2D eigenvalue weighted by Crippen LogP contribution is 2.33. The van der Waals surface area contributed by atoms with Crippen LogP contribution < -0.4 is 10.5 Å². The van der Waals surface area contributed by atoms with Crippen molar-refractivity contribution < 1.29 is 12.8 Å². The molecule has 154 valence electrons. The number of rotatable bonds is 6. The quantitative estimate of drug-likeness (QED) is 0.625. The topological polar surface area (TPSA) is 81.3 Å². The summed E-state index contributed by atoms with van der Waals surface area (Å²) in [4.78, 5) is 12.2. The lowest BCUT2D eigenvalue weighted by Crippen LogP contribution is -2.14. The van der Waals surface area contributed by atoms with Gasteiger partial charge in [-0.05, 0) is 55.0 Å². The van der Waals surface area contributed by atoms with Crippen molar-refractivity contribution in [2.45, 2.75) is 62.8 Å². The smallest absolute Gasteiger partial charge is 0.408 e. The van der Waals surface area contributed by atoms with Gasteiger partial charge >= 0.3 is 5.76 Å². The number of nitrogens with one attached hydrogen (secondary N) is 1. The summed E-state index contributed by atoms with van der Waals surface area (Å²) in [6.07, 6.45) is 6.93. The normalized spacial score (nSPS) is 15.6. The zero-order valence-electron chi connectivity index (χ0n) is 16.6. The maximum absolute atomic E-state index is 12.8. The van der Waals surface area contributed by atoms with Crippen molar-refractivity contribution in [3.8, 4) is 0 Å². The number of fused-ring (bicyclic) bond motifs is 1. The van der Waals surface area contributed by atoms with E-state index in [2.05, 4.69) is 4.72 Å². The summed E-state index contributed by atoms with van der Waals surface area (Å²) < 4.78 is 35.0. The minimum atomic E-state index is -3.72. The number of anilines is 1. The number of oxazole rings is 1. The van der Waals surface area contributed by atoms with Crippen LogP contribution in [0.4, 0.5) is 5.69 Å². The van der Waals surface area contributed by atoms with Gasteiger partial charge in [-0.3, -0.25) is 9.29 Å². The number of sulfonamides is 1. The van der Waals surface area contributed by atoms with E-state index in [-0.39, 0.29) is 4.90 Å². The summed E-state index contributed by atoms with van der Waals surface area (Å²) in [5.74, 6) is 0.103. The lowest BCUT2D eigenvalue weighted by molar-refractivity contribution is 0.443. The average molecular weight is 415 g/mol. The Morgan fingerprint density at radius 2 is 1.79 bits per heavy atom. The van der Waals surface area contributed by atoms with Crippen LogP contribution >= 0.6 is 0 Å². The Bertz CT molecular complexity index is 1150. The van der Waals surface area contributed by atoms with Gasteiger partial charge < -0.3 is 4.42 Å². The number of hydrogen-bond donors (Lipinski definition) is 1. The fraction of sp³-hybridized carbons (Fsp3) is 0.409. The first kappa shape index (κ1) is 19.8. The highest BCUT2D eigenvalue weighted by molar-refractivity contribution is 7.92. The van der Waals surface area contributed by atoms with Crippen LogP contribution in [0.25, 0.3) is 11.1 Å². The van der Waals surface area contributed by atoms with E-state index in [1.54, 1.807) is 34.9 Å². The Kier molecular flexibility index (Phi) is 5.50. The van der Waals surface area contributed by atoms with Crippen LogP contribution in [0.15, 0.2) is 56.6 Å². The minimum Gasteiger partial charge on any atom is -0.408 e. The summed E-state index contributed by atoms with van der Waals surface area (Å²) in [5.41, 5.74) is 2.61. The Morgan fingerprint density at radius 3 is 2.48 bits per heavy atom. The van der Waals surface area contributed by atoms with Crippen LogP contribution in [-0.4, -0.2) is 13.0 Å². The molecule has 0 unspecified atom stereocenters. The highest BCUT2D eigenvalue weighted by Gasteiger charge is 2.19. The van der Waals surface area contributed by atoms with Crippen LogP contribution in [0, 0.1) is 0 Å². The molecule has 7 heteroatoms. The number of aryl methyl sites for hydroxylation is 1. The molecule has 3 aromatic rings. The first-order chi connectivity index (χ1) is 14.0. The van der Waals surface area contributed by atoms with Crippen molar-refractivity contribution in [2.24, 2.45) is 0 Å². The molecule has 6 nitrogen and oxygen atoms in total. The van der Waals surface area contributed by atoms with Gasteiger partial charge in [0.2, 0.25) is 0 Å². The van der Waals surface area contributed by atoms with Crippen molar-refractivity contribution in [1.29, 1.82) is 0 Å². The van der Waals surface area contributed by atoms with Gasteiger partial charge in [-0.2, -0.15) is 0 Å². The molecule has 1 saturated carbocycles. The van der Waals surface area contributed by atoms with Crippen LogP contribution in [0.2, 0.25) is 0 Å². The standard InChI is InChI=1S/C22H26N2O4S/c1-2-14-24-20-13-10-18(15-21(20)28-22(24)25)23-29(26,27)19-11-8-17(9-12-19)16-6-4-3-5-7-16/h8-13,15-16,23H,2-7,14H2,1H3. The second kappa shape index (κ2) is 8.06. The largest absolute Gasteiger partial charge is 0.419 e. The fourth-order valence-corrected chi connectivity index (χ4v) is 5.18. The molecule has 0 saturated heterocycles. The van der Waals surface area contributed by atoms with Crippen LogP contribution in [0.1, 0.15) is 56.9 Å². The van der Waals surface area contributed by atoms with E-state index in [1.807, 2.05) is 19.1 Å². The van der Waals surface area contributed by atoms with Crippen molar-refractivity contribution in [1.82, 2.24) is 4.57 Å². The van der Waals surface area contributed by atoms with Gasteiger partial charge in [0.25, 0.3) is 10.0 Å². The van der Waals surface area contributed by atoms with E-state index in [1.165, 1.54) is 37.7 Å². The molecule has 1 aliphatic rings. The van der Waals surface area contributed by atoms with Crippen molar-refractivity contribution in [2.75, 3.05) is 4.72 Å². The first-order valence-corrected chi connectivity index (χ1v) is 11.7. The van der Waals surface area contributed by atoms with Gasteiger partial charge in [0.1, 0.15) is 0 Å². The molecule has 4 rings (SSSR count). The molecule has 1 aliphatic carbocycles. The third-order valence-corrected chi connectivity index (χ3v) is 7.03. The predicted molar refractivity (Wildman–Crippen MR) is 114 cm³/mol. The van der Waals surface area contributed by atoms with Crippen molar-refractivity contribution in [3.05, 3.63) is 58.6 Å². The number of aromatic nitrogens is 1. The summed E-state index contributed by atoms with van der Waals surface area (Å²) >= 11 is 0. The molecule has 0 atom stereocenters. The third kappa shape index (κ3) is 4.10. The molecule has 0 bridgehead atoms. The second-order valence-corrected chi connectivity index (χ2v) is 9.39. The molecule has 1 fully saturated rings. The third-order valence-electron chi connectivity index (χ3n) is 5.63. The monoisotopic (exact) mass is 414 g/mol. The van der Waals surface area contributed by atoms with E-state index in [0.29, 0.717) is 29.2 Å². The molecule has 0 radical (unpaired) electrons. The zero-order valence-corrected chi connectivity index (χ0v) is 17.4. The van der Waals surface area contributed by atoms with Crippen molar-refractivity contribution in [3.63, 3.8) is 0 Å². The van der Waals surface area contributed by atoms with E-state index in [9.17, 15) is 13.2 Å². The molecule has 1 heterocycles. The van der Waals surface area contributed by atoms with Gasteiger partial charge in [-0.15, -0.1) is 0 Å². The number of hydrogen-bond acceptors (Lipinski definition) is 4. The number of nitrogens with zero attached hydrogens (tertiary/aromatic N) is 1. The van der Waals surface area contributed by atoms with E-state index in [4.69, 9.17) is 4.42 Å². The fourth-order valence-electron chi connectivity index (χ4n) is 4.13. The van der Waals surface area contributed by atoms with Crippen molar-refractivity contribution >= 4 is 26.8 Å². The zero-order chi connectivity index (χ0) is 20.4. The first-order valence-electron chi connectivity index (χ1n) is 10.2. The van der Waals surface area contributed by atoms with Crippen LogP contribution in [-0.2, 0) is 16.6 Å². The van der Waals surface area contributed by atoms with E-state index >= 15 is 0 Å². The lowest BCUT2D eigenvalue weighted by Gasteiger charge is -2.22. The Balaban J connectivity index is 1.55. The molecular weight excluding hydrogens is 388 g/mol. The summed E-state index contributed by atoms with van der Waals surface area (Å²) in [5, 5.41) is 0. The van der Waals surface area contributed by atoms with Crippen LogP contribution in [0.5, 0.6) is 0 Å². The molecule has 29 heavy (non-hydrogen) atoms. The Morgan fingerprint density at radius 1 is 1.07 bits per heavy atom. The second-order valence-electron chi connectivity index (χ2n) is 7.71. The maximum atomic E-state index is 12.8. The van der Waals surface area contributed by atoms with E-state index in [0.717, 1.165) is 6.42 Å². The predicted octanol–water partition coefficient (Wildman–Crippen LogP) is 4.85. The molecule has 0 aliphatic heterocycles. The number of benzene rings is 2.